The minimum absolute atomic E-state index is 0.160. The van der Waals surface area contributed by atoms with Crippen LogP contribution < -0.4 is 10.1 Å². The Hall–Kier alpha value is -3.15. The molecule has 3 rings (SSSR count). The lowest BCUT2D eigenvalue weighted by molar-refractivity contribution is 0.0945. The molecule has 3 aromatic rings. The van der Waals surface area contributed by atoms with Crippen LogP contribution in [0.5, 0.6) is 5.75 Å². The lowest BCUT2D eigenvalue weighted by Gasteiger charge is -2.09. The van der Waals surface area contributed by atoms with Crippen LogP contribution in [0.1, 0.15) is 32.9 Å². The number of carbonyl (C=O) groups excluding carboxylic acids is 1. The van der Waals surface area contributed by atoms with Crippen LogP contribution in [-0.2, 0) is 6.54 Å². The largest absolute Gasteiger partial charge is 0.497 e. The Morgan fingerprint density at radius 3 is 2.65 bits per heavy atom. The molecule has 0 atom stereocenters. The molecule has 0 aliphatic heterocycles. The molecule has 0 spiro atoms. The molecule has 0 saturated carbocycles. The molecular weight excluding hydrogens is 330 g/mol. The van der Waals surface area contributed by atoms with E-state index in [-0.39, 0.29) is 12.5 Å². The van der Waals surface area contributed by atoms with Gasteiger partial charge in [0.05, 0.1) is 13.7 Å². The van der Waals surface area contributed by atoms with Gasteiger partial charge in [0.1, 0.15) is 5.75 Å². The summed E-state index contributed by atoms with van der Waals surface area (Å²) in [4.78, 5) is 16.8. The molecule has 2 aromatic carbocycles. The van der Waals surface area contributed by atoms with Crippen molar-refractivity contribution in [2.75, 3.05) is 7.11 Å². The van der Waals surface area contributed by atoms with Gasteiger partial charge >= 0.3 is 0 Å². The number of methoxy groups -OCH3 is 1. The monoisotopic (exact) mass is 351 g/mol. The molecule has 26 heavy (non-hydrogen) atoms. The van der Waals surface area contributed by atoms with E-state index in [1.54, 1.807) is 7.11 Å². The maximum atomic E-state index is 12.4. The number of ether oxygens (including phenoxy) is 1. The zero-order valence-electron chi connectivity index (χ0n) is 15.3. The van der Waals surface area contributed by atoms with Gasteiger partial charge in [0.25, 0.3) is 5.91 Å². The van der Waals surface area contributed by atoms with E-state index in [0.717, 1.165) is 16.7 Å². The SMILES string of the molecule is COc1cccc(-c2noc(CNC(=O)c3cc(C)c(C)cc3C)n2)c1. The average molecular weight is 351 g/mol. The van der Waals surface area contributed by atoms with Crippen LogP contribution in [0.25, 0.3) is 11.4 Å². The molecule has 0 fully saturated rings. The van der Waals surface area contributed by atoms with Crippen molar-refractivity contribution in [3.05, 3.63) is 64.5 Å². The van der Waals surface area contributed by atoms with E-state index in [2.05, 4.69) is 15.5 Å². The van der Waals surface area contributed by atoms with Crippen molar-refractivity contribution in [1.82, 2.24) is 15.5 Å². The lowest BCUT2D eigenvalue weighted by atomic mass is 10.0. The average Bonchev–Trinajstić information content (AvgIpc) is 3.12. The second-order valence-electron chi connectivity index (χ2n) is 6.18. The first kappa shape index (κ1) is 17.7. The number of hydrogen-bond acceptors (Lipinski definition) is 5. The van der Waals surface area contributed by atoms with Crippen molar-refractivity contribution < 1.29 is 14.1 Å². The topological polar surface area (TPSA) is 77.3 Å². The summed E-state index contributed by atoms with van der Waals surface area (Å²) in [6.45, 7) is 6.11. The van der Waals surface area contributed by atoms with Gasteiger partial charge < -0.3 is 14.6 Å². The number of nitrogens with zero attached hydrogens (tertiary/aromatic N) is 2. The van der Waals surface area contributed by atoms with Gasteiger partial charge in [0, 0.05) is 11.1 Å². The number of aromatic nitrogens is 2. The number of aryl methyl sites for hydroxylation is 3. The van der Waals surface area contributed by atoms with Gasteiger partial charge in [-0.25, -0.2) is 0 Å². The Bertz CT molecular complexity index is 947. The van der Waals surface area contributed by atoms with Gasteiger partial charge in [-0.2, -0.15) is 4.98 Å². The molecule has 0 aliphatic rings. The van der Waals surface area contributed by atoms with Crippen molar-refractivity contribution in [1.29, 1.82) is 0 Å². The van der Waals surface area contributed by atoms with Crippen LogP contribution in [-0.4, -0.2) is 23.2 Å². The van der Waals surface area contributed by atoms with Gasteiger partial charge in [0.15, 0.2) is 0 Å². The summed E-state index contributed by atoms with van der Waals surface area (Å²) in [5.74, 6) is 1.35. The number of benzene rings is 2. The summed E-state index contributed by atoms with van der Waals surface area (Å²) in [6.07, 6.45) is 0. The van der Waals surface area contributed by atoms with Crippen molar-refractivity contribution in [2.45, 2.75) is 27.3 Å². The van der Waals surface area contributed by atoms with Crippen LogP contribution in [0.2, 0.25) is 0 Å². The second kappa shape index (κ2) is 7.39. The Kier molecular flexibility index (Phi) is 5.02. The Morgan fingerprint density at radius 2 is 1.88 bits per heavy atom. The first-order chi connectivity index (χ1) is 12.5. The lowest BCUT2D eigenvalue weighted by Crippen LogP contribution is -2.24. The summed E-state index contributed by atoms with van der Waals surface area (Å²) in [5, 5.41) is 6.79. The summed E-state index contributed by atoms with van der Waals surface area (Å²) < 4.78 is 10.4. The molecule has 1 N–H and O–H groups in total. The fraction of sp³-hybridized carbons (Fsp3) is 0.250. The van der Waals surface area contributed by atoms with E-state index >= 15 is 0 Å². The van der Waals surface area contributed by atoms with Crippen molar-refractivity contribution in [2.24, 2.45) is 0 Å². The third-order valence-electron chi connectivity index (χ3n) is 4.28. The standard InChI is InChI=1S/C20H21N3O3/c1-12-8-14(3)17(9-13(12)2)20(24)21-11-18-22-19(23-26-18)15-6-5-7-16(10-15)25-4/h5-10H,11H2,1-4H3,(H,21,24). The highest BCUT2D eigenvalue weighted by Gasteiger charge is 2.13. The molecule has 0 saturated heterocycles. The van der Waals surface area contributed by atoms with Gasteiger partial charge in [-0.1, -0.05) is 23.4 Å². The maximum Gasteiger partial charge on any atom is 0.251 e. The van der Waals surface area contributed by atoms with E-state index in [0.29, 0.717) is 23.0 Å². The Balaban J connectivity index is 1.70. The van der Waals surface area contributed by atoms with E-state index in [9.17, 15) is 4.79 Å². The molecule has 1 amide bonds. The van der Waals surface area contributed by atoms with Gasteiger partial charge in [-0.15, -0.1) is 0 Å². The quantitative estimate of drug-likeness (QED) is 0.760. The highest BCUT2D eigenvalue weighted by molar-refractivity contribution is 5.95. The molecule has 0 unspecified atom stereocenters. The molecule has 6 nitrogen and oxygen atoms in total. The smallest absolute Gasteiger partial charge is 0.251 e. The minimum Gasteiger partial charge on any atom is -0.497 e. The maximum absolute atomic E-state index is 12.4. The number of carbonyl (C=O) groups is 1. The molecular formula is C20H21N3O3. The van der Waals surface area contributed by atoms with Crippen molar-refractivity contribution in [3.8, 4) is 17.1 Å². The van der Waals surface area contributed by atoms with Crippen molar-refractivity contribution in [3.63, 3.8) is 0 Å². The van der Waals surface area contributed by atoms with Crippen LogP contribution in [0.4, 0.5) is 0 Å². The van der Waals surface area contributed by atoms with Crippen LogP contribution in [0.15, 0.2) is 40.9 Å². The Labute approximate surface area is 152 Å². The predicted octanol–water partition coefficient (Wildman–Crippen LogP) is 3.60. The number of amides is 1. The van der Waals surface area contributed by atoms with Crippen LogP contribution in [0, 0.1) is 20.8 Å². The van der Waals surface area contributed by atoms with E-state index in [1.807, 2.05) is 57.2 Å². The molecule has 6 heteroatoms. The normalized spacial score (nSPS) is 10.6. The fourth-order valence-corrected chi connectivity index (χ4v) is 2.66. The molecule has 0 radical (unpaired) electrons. The number of hydrogen-bond donors (Lipinski definition) is 1. The first-order valence-electron chi connectivity index (χ1n) is 8.31. The first-order valence-corrected chi connectivity index (χ1v) is 8.31. The van der Waals surface area contributed by atoms with Crippen molar-refractivity contribution >= 4 is 5.91 Å². The van der Waals surface area contributed by atoms with E-state index in [4.69, 9.17) is 9.26 Å². The van der Waals surface area contributed by atoms with Gasteiger partial charge in [-0.3, -0.25) is 4.79 Å². The number of nitrogens with one attached hydrogen (secondary N) is 1. The third-order valence-corrected chi connectivity index (χ3v) is 4.28. The zero-order chi connectivity index (χ0) is 18.7. The van der Waals surface area contributed by atoms with Crippen LogP contribution >= 0.6 is 0 Å². The van der Waals surface area contributed by atoms with E-state index < -0.39 is 0 Å². The van der Waals surface area contributed by atoms with Gasteiger partial charge in [-0.05, 0) is 55.7 Å². The highest BCUT2D eigenvalue weighted by Crippen LogP contribution is 2.21. The fourth-order valence-electron chi connectivity index (χ4n) is 2.66. The zero-order valence-corrected chi connectivity index (χ0v) is 15.3. The summed E-state index contributed by atoms with van der Waals surface area (Å²) in [7, 11) is 1.60. The van der Waals surface area contributed by atoms with E-state index in [1.165, 1.54) is 5.56 Å². The second-order valence-corrected chi connectivity index (χ2v) is 6.18. The van der Waals surface area contributed by atoms with Gasteiger partial charge in [0.2, 0.25) is 11.7 Å². The molecule has 1 aromatic heterocycles. The molecule has 134 valence electrons. The molecule has 1 heterocycles. The summed E-state index contributed by atoms with van der Waals surface area (Å²) >= 11 is 0. The Morgan fingerprint density at radius 1 is 1.12 bits per heavy atom. The third kappa shape index (κ3) is 3.74. The number of rotatable bonds is 5. The predicted molar refractivity (Wildman–Crippen MR) is 98.1 cm³/mol. The van der Waals surface area contributed by atoms with Crippen LogP contribution in [0.3, 0.4) is 0 Å². The molecule has 0 aliphatic carbocycles. The molecule has 0 bridgehead atoms. The summed E-state index contributed by atoms with van der Waals surface area (Å²) in [6, 6.07) is 11.3. The minimum atomic E-state index is -0.160. The highest BCUT2D eigenvalue weighted by atomic mass is 16.5. The summed E-state index contributed by atoms with van der Waals surface area (Å²) in [5.41, 5.74) is 4.63.